The molecule has 1 aliphatic rings. The van der Waals surface area contributed by atoms with Gasteiger partial charge in [-0.3, -0.25) is 4.79 Å². The maximum atomic E-state index is 13.0. The number of hydrogen-bond acceptors (Lipinski definition) is 7. The number of aromatic nitrogens is 2. The molecule has 0 radical (unpaired) electrons. The molecule has 2 aromatic rings. The van der Waals surface area contributed by atoms with Crippen molar-refractivity contribution in [1.29, 1.82) is 0 Å². The molecule has 3 rings (SSSR count). The van der Waals surface area contributed by atoms with Crippen LogP contribution in [0.2, 0.25) is 0 Å². The van der Waals surface area contributed by atoms with E-state index < -0.39 is 15.9 Å². The monoisotopic (exact) mass is 419 g/mol. The predicted molar refractivity (Wildman–Crippen MR) is 110 cm³/mol. The van der Waals surface area contributed by atoms with E-state index in [4.69, 9.17) is 4.74 Å². The normalized spacial score (nSPS) is 14.6. The van der Waals surface area contributed by atoms with Crippen LogP contribution in [0.3, 0.4) is 0 Å². The molecule has 1 N–H and O–H groups in total. The number of ether oxygens (including phenoxy) is 1. The van der Waals surface area contributed by atoms with Gasteiger partial charge in [-0.25, -0.2) is 8.42 Å². The molecule has 0 spiro atoms. The molecule has 1 aromatic heterocycles. The second-order valence-electron chi connectivity index (χ2n) is 6.83. The highest BCUT2D eigenvalue weighted by Crippen LogP contribution is 2.31. The fourth-order valence-corrected chi connectivity index (χ4v) is 4.68. The second kappa shape index (κ2) is 8.75. The Hall–Kier alpha value is -2.72. The molecule has 156 valence electrons. The summed E-state index contributed by atoms with van der Waals surface area (Å²) in [5.41, 5.74) is 0.475. The number of benzene rings is 1. The zero-order chi connectivity index (χ0) is 21.0. The van der Waals surface area contributed by atoms with Crippen LogP contribution in [0.15, 0.2) is 35.2 Å². The molecule has 0 atom stereocenters. The average molecular weight is 420 g/mol. The third kappa shape index (κ3) is 4.65. The SMILES string of the molecule is CCOc1ccc(NC(=O)c2ccc(N(C)C)nn2)cc1S(=O)(=O)N1CCCC1. The third-order valence-corrected chi connectivity index (χ3v) is 6.45. The standard InChI is InChI=1S/C19H25N5O4S/c1-4-28-16-9-7-14(13-17(16)29(26,27)24-11-5-6-12-24)20-19(25)15-8-10-18(22-21-15)23(2)3/h7-10,13H,4-6,11-12H2,1-3H3,(H,20,25). The maximum Gasteiger partial charge on any atom is 0.276 e. The summed E-state index contributed by atoms with van der Waals surface area (Å²) < 4.78 is 33.1. The smallest absolute Gasteiger partial charge is 0.276 e. The molecule has 1 amide bonds. The summed E-state index contributed by atoms with van der Waals surface area (Å²) >= 11 is 0. The summed E-state index contributed by atoms with van der Waals surface area (Å²) in [6, 6.07) is 7.84. The molecule has 1 fully saturated rings. The van der Waals surface area contributed by atoms with E-state index in [2.05, 4.69) is 15.5 Å². The van der Waals surface area contributed by atoms with Crippen molar-refractivity contribution < 1.29 is 17.9 Å². The number of rotatable bonds is 7. The van der Waals surface area contributed by atoms with Crippen molar-refractivity contribution in [1.82, 2.24) is 14.5 Å². The molecule has 1 aliphatic heterocycles. The molecule has 2 heterocycles. The zero-order valence-electron chi connectivity index (χ0n) is 16.8. The van der Waals surface area contributed by atoms with E-state index in [1.165, 1.54) is 10.4 Å². The van der Waals surface area contributed by atoms with Crippen molar-refractivity contribution in [2.45, 2.75) is 24.7 Å². The fraction of sp³-hybridized carbons (Fsp3) is 0.421. The first-order valence-corrected chi connectivity index (χ1v) is 10.9. The van der Waals surface area contributed by atoms with Crippen LogP contribution in [-0.2, 0) is 10.0 Å². The summed E-state index contributed by atoms with van der Waals surface area (Å²) in [5, 5.41) is 10.6. The third-order valence-electron chi connectivity index (χ3n) is 4.53. The van der Waals surface area contributed by atoms with Gasteiger partial charge in [-0.05, 0) is 50.1 Å². The number of amides is 1. The minimum absolute atomic E-state index is 0.0492. The molecule has 0 unspecified atom stereocenters. The van der Waals surface area contributed by atoms with E-state index in [1.54, 1.807) is 36.1 Å². The largest absolute Gasteiger partial charge is 0.492 e. The topological polar surface area (TPSA) is 105 Å². The van der Waals surface area contributed by atoms with Crippen molar-refractivity contribution in [3.63, 3.8) is 0 Å². The van der Waals surface area contributed by atoms with Gasteiger partial charge in [0, 0.05) is 32.9 Å². The molecule has 9 nitrogen and oxygen atoms in total. The highest BCUT2D eigenvalue weighted by atomic mass is 32.2. The quantitative estimate of drug-likeness (QED) is 0.732. The molecule has 0 aliphatic carbocycles. The van der Waals surface area contributed by atoms with Crippen LogP contribution in [0.4, 0.5) is 11.5 Å². The summed E-state index contributed by atoms with van der Waals surface area (Å²) in [6.45, 7) is 3.09. The first-order valence-electron chi connectivity index (χ1n) is 9.42. The van der Waals surface area contributed by atoms with E-state index in [9.17, 15) is 13.2 Å². The van der Waals surface area contributed by atoms with Crippen LogP contribution >= 0.6 is 0 Å². The molecular formula is C19H25N5O4S. The highest BCUT2D eigenvalue weighted by molar-refractivity contribution is 7.89. The first-order chi connectivity index (χ1) is 13.8. The minimum atomic E-state index is -3.71. The summed E-state index contributed by atoms with van der Waals surface area (Å²) in [5.74, 6) is 0.422. The Morgan fingerprint density at radius 1 is 1.17 bits per heavy atom. The van der Waals surface area contributed by atoms with Crippen molar-refractivity contribution in [3.8, 4) is 5.75 Å². The molecule has 0 saturated carbocycles. The summed E-state index contributed by atoms with van der Waals surface area (Å²) in [6.07, 6.45) is 1.67. The van der Waals surface area contributed by atoms with E-state index in [0.29, 0.717) is 31.2 Å². The second-order valence-corrected chi connectivity index (χ2v) is 8.74. The van der Waals surface area contributed by atoms with Gasteiger partial charge in [0.25, 0.3) is 5.91 Å². The van der Waals surface area contributed by atoms with Crippen molar-refractivity contribution in [2.75, 3.05) is 44.0 Å². The average Bonchev–Trinajstić information content (AvgIpc) is 3.25. The maximum absolute atomic E-state index is 13.0. The van der Waals surface area contributed by atoms with Crippen LogP contribution in [0.25, 0.3) is 0 Å². The lowest BCUT2D eigenvalue weighted by Gasteiger charge is -2.19. The fourth-order valence-electron chi connectivity index (χ4n) is 3.01. The molecule has 10 heteroatoms. The Balaban J connectivity index is 1.87. The van der Waals surface area contributed by atoms with Crippen molar-refractivity contribution in [3.05, 3.63) is 36.0 Å². The van der Waals surface area contributed by atoms with Gasteiger partial charge in [0.15, 0.2) is 11.5 Å². The number of carbonyl (C=O) groups is 1. The van der Waals surface area contributed by atoms with Gasteiger partial charge in [0.05, 0.1) is 6.61 Å². The Morgan fingerprint density at radius 2 is 1.90 bits per heavy atom. The van der Waals surface area contributed by atoms with Gasteiger partial charge in [0.2, 0.25) is 10.0 Å². The van der Waals surface area contributed by atoms with Crippen molar-refractivity contribution in [2.24, 2.45) is 0 Å². The highest BCUT2D eigenvalue weighted by Gasteiger charge is 2.30. The summed E-state index contributed by atoms with van der Waals surface area (Å²) in [7, 11) is -0.0552. The predicted octanol–water partition coefficient (Wildman–Crippen LogP) is 1.98. The number of anilines is 2. The van der Waals surface area contributed by atoms with Crippen LogP contribution in [-0.4, -0.2) is 62.6 Å². The lowest BCUT2D eigenvalue weighted by Crippen LogP contribution is -2.28. The molecular weight excluding hydrogens is 394 g/mol. The lowest BCUT2D eigenvalue weighted by molar-refractivity contribution is 0.102. The van der Waals surface area contributed by atoms with Crippen LogP contribution in [0.1, 0.15) is 30.3 Å². The molecule has 29 heavy (non-hydrogen) atoms. The number of hydrogen-bond donors (Lipinski definition) is 1. The van der Waals surface area contributed by atoms with Gasteiger partial charge >= 0.3 is 0 Å². The Bertz CT molecular complexity index is 971. The van der Waals surface area contributed by atoms with Gasteiger partial charge in [-0.2, -0.15) is 4.31 Å². The first kappa shape index (κ1) is 21.0. The van der Waals surface area contributed by atoms with Gasteiger partial charge in [-0.1, -0.05) is 0 Å². The zero-order valence-corrected chi connectivity index (χ0v) is 17.6. The number of nitrogens with one attached hydrogen (secondary N) is 1. The summed E-state index contributed by atoms with van der Waals surface area (Å²) in [4.78, 5) is 14.3. The minimum Gasteiger partial charge on any atom is -0.492 e. The Labute approximate surface area is 170 Å². The van der Waals surface area contributed by atoms with Gasteiger partial charge in [0.1, 0.15) is 10.6 Å². The van der Waals surface area contributed by atoms with Gasteiger partial charge in [-0.15, -0.1) is 10.2 Å². The number of carbonyl (C=O) groups excluding carboxylic acids is 1. The Kier molecular flexibility index (Phi) is 6.33. The molecule has 0 bridgehead atoms. The number of sulfonamides is 1. The number of nitrogens with zero attached hydrogens (tertiary/aromatic N) is 4. The lowest BCUT2D eigenvalue weighted by atomic mass is 10.2. The van der Waals surface area contributed by atoms with Crippen molar-refractivity contribution >= 4 is 27.4 Å². The van der Waals surface area contributed by atoms with Crippen LogP contribution in [0.5, 0.6) is 5.75 Å². The molecule has 1 aromatic carbocycles. The molecule has 1 saturated heterocycles. The van der Waals surface area contributed by atoms with E-state index >= 15 is 0 Å². The van der Waals surface area contributed by atoms with Crippen LogP contribution < -0.4 is 15.0 Å². The van der Waals surface area contributed by atoms with E-state index in [1.807, 2.05) is 14.1 Å². The van der Waals surface area contributed by atoms with Gasteiger partial charge < -0.3 is 15.0 Å². The van der Waals surface area contributed by atoms with Crippen LogP contribution in [0, 0.1) is 0 Å². The van der Waals surface area contributed by atoms with E-state index in [0.717, 1.165) is 12.8 Å². The Morgan fingerprint density at radius 3 is 2.48 bits per heavy atom. The van der Waals surface area contributed by atoms with E-state index in [-0.39, 0.29) is 16.3 Å².